The summed E-state index contributed by atoms with van der Waals surface area (Å²) in [7, 11) is 0. The summed E-state index contributed by atoms with van der Waals surface area (Å²) >= 11 is 0. The number of hydrogen-bond acceptors (Lipinski definition) is 4. The molecule has 192 valence electrons. The van der Waals surface area contributed by atoms with Gasteiger partial charge in [0.15, 0.2) is 0 Å². The lowest BCUT2D eigenvalue weighted by Gasteiger charge is -2.53. The first-order chi connectivity index (χ1) is 17.3. The minimum Gasteiger partial charge on any atom is -0.393 e. The largest absolute Gasteiger partial charge is 0.393 e. The lowest BCUT2D eigenvalue weighted by Crippen LogP contribution is -2.54. The molecule has 1 saturated heterocycles. The summed E-state index contributed by atoms with van der Waals surface area (Å²) in [5.74, 6) is 1.57. The van der Waals surface area contributed by atoms with E-state index in [0.29, 0.717) is 17.8 Å². The summed E-state index contributed by atoms with van der Waals surface area (Å²) in [6.45, 7) is 6.80. The minimum absolute atomic E-state index is 0.132. The van der Waals surface area contributed by atoms with E-state index in [-0.39, 0.29) is 17.6 Å². The molecule has 2 aliphatic heterocycles. The minimum atomic E-state index is -0.852. The van der Waals surface area contributed by atoms with Gasteiger partial charge in [-0.3, -0.25) is 4.98 Å². The molecule has 3 heterocycles. The van der Waals surface area contributed by atoms with Gasteiger partial charge in [0.25, 0.3) is 0 Å². The third-order valence-corrected chi connectivity index (χ3v) is 10.6. The highest BCUT2D eigenvalue weighted by Crippen LogP contribution is 2.68. The first kappa shape index (κ1) is 24.3. The van der Waals surface area contributed by atoms with Crippen LogP contribution in [0, 0.1) is 17.3 Å². The van der Waals surface area contributed by atoms with Crippen LogP contribution in [0.1, 0.15) is 83.6 Å². The van der Waals surface area contributed by atoms with E-state index < -0.39 is 11.7 Å². The summed E-state index contributed by atoms with van der Waals surface area (Å²) in [4.78, 5) is 4.36. The number of ether oxygens (including phenoxy) is 1. The standard InChI is InChI=1S/C32H41NO3/c1-4-21(2)9-13-31-14-15-32(36-31)25(18-27(31)28(35)20-34)10-12-30(3)26(7-8-29(30)32)23-6-5-22-11-16-33-19-24(22)17-23/h5-6,10-11,16-19,21,26,28-29,34-35H,4,7-9,12-15,20H2,1-3H3. The van der Waals surface area contributed by atoms with E-state index in [0.717, 1.165) is 50.5 Å². The van der Waals surface area contributed by atoms with Gasteiger partial charge in [-0.1, -0.05) is 51.5 Å². The van der Waals surface area contributed by atoms with Crippen LogP contribution >= 0.6 is 0 Å². The van der Waals surface area contributed by atoms with Crippen LogP contribution in [0.25, 0.3) is 10.8 Å². The molecule has 1 aromatic carbocycles. The molecule has 0 radical (unpaired) electrons. The number of aromatic nitrogens is 1. The zero-order valence-corrected chi connectivity index (χ0v) is 22.0. The summed E-state index contributed by atoms with van der Waals surface area (Å²) in [5, 5.41) is 23.2. The lowest BCUT2D eigenvalue weighted by molar-refractivity contribution is -0.136. The molecule has 2 aromatic rings. The van der Waals surface area contributed by atoms with Gasteiger partial charge in [0.2, 0.25) is 0 Å². The smallest absolute Gasteiger partial charge is 0.101 e. The molecule has 2 N–H and O–H groups in total. The Morgan fingerprint density at radius 2 is 2.03 bits per heavy atom. The number of hydrogen-bond donors (Lipinski definition) is 2. The second kappa shape index (κ2) is 8.79. The number of rotatable bonds is 7. The average molecular weight is 488 g/mol. The summed E-state index contributed by atoms with van der Waals surface area (Å²) < 4.78 is 7.32. The molecule has 6 rings (SSSR count). The van der Waals surface area contributed by atoms with E-state index in [2.05, 4.69) is 62.2 Å². The number of aliphatic hydroxyl groups is 2. The monoisotopic (exact) mass is 487 g/mol. The highest BCUT2D eigenvalue weighted by atomic mass is 16.5. The lowest BCUT2D eigenvalue weighted by atomic mass is 9.58. The third kappa shape index (κ3) is 3.48. The first-order valence-electron chi connectivity index (χ1n) is 14.1. The van der Waals surface area contributed by atoms with Crippen LogP contribution in [0.5, 0.6) is 0 Å². The van der Waals surface area contributed by atoms with Crippen LogP contribution in [-0.4, -0.2) is 39.1 Å². The van der Waals surface area contributed by atoms with Gasteiger partial charge in [-0.05, 0) is 102 Å². The number of benzene rings is 1. The fourth-order valence-corrected chi connectivity index (χ4v) is 8.33. The van der Waals surface area contributed by atoms with Crippen LogP contribution in [0.15, 0.2) is 60.0 Å². The average Bonchev–Trinajstić information content (AvgIpc) is 3.43. The van der Waals surface area contributed by atoms with Crippen LogP contribution in [0.3, 0.4) is 0 Å². The predicted molar refractivity (Wildman–Crippen MR) is 144 cm³/mol. The second-order valence-electron chi connectivity index (χ2n) is 12.4. The molecule has 1 saturated carbocycles. The highest BCUT2D eigenvalue weighted by Gasteiger charge is 2.66. The maximum absolute atomic E-state index is 10.9. The molecular formula is C32H41NO3. The highest BCUT2D eigenvalue weighted by molar-refractivity contribution is 5.82. The van der Waals surface area contributed by atoms with Crippen molar-refractivity contribution in [2.45, 2.75) is 95.4 Å². The van der Waals surface area contributed by atoms with Crippen LogP contribution in [0.2, 0.25) is 0 Å². The molecule has 1 spiro atoms. The SMILES string of the molecule is CCC(C)CCC12CCC3(O1)C(=CCC1(C)C(c4ccc5ccncc5c4)CCC31)C=C2C(O)CO. The Hall–Kier alpha value is -2.01. The Morgan fingerprint density at radius 3 is 2.83 bits per heavy atom. The molecule has 4 heteroatoms. The van der Waals surface area contributed by atoms with Crippen molar-refractivity contribution in [3.8, 4) is 0 Å². The zero-order chi connectivity index (χ0) is 25.1. The molecule has 7 unspecified atom stereocenters. The van der Waals surface area contributed by atoms with Gasteiger partial charge in [0.1, 0.15) is 6.10 Å². The number of pyridine rings is 1. The zero-order valence-electron chi connectivity index (χ0n) is 22.0. The third-order valence-electron chi connectivity index (χ3n) is 10.6. The molecule has 2 aliphatic carbocycles. The number of fused-ring (bicyclic) bond motifs is 3. The Morgan fingerprint density at radius 1 is 1.17 bits per heavy atom. The molecule has 36 heavy (non-hydrogen) atoms. The van der Waals surface area contributed by atoms with Crippen molar-refractivity contribution in [3.63, 3.8) is 0 Å². The van der Waals surface area contributed by atoms with E-state index in [1.54, 1.807) is 0 Å². The Kier molecular flexibility index (Phi) is 5.94. The maximum atomic E-state index is 10.9. The van der Waals surface area contributed by atoms with Crippen molar-refractivity contribution in [1.29, 1.82) is 0 Å². The van der Waals surface area contributed by atoms with E-state index in [1.165, 1.54) is 28.3 Å². The normalized spacial score (nSPS) is 36.7. The first-order valence-corrected chi connectivity index (χ1v) is 14.1. The number of allylic oxidation sites excluding steroid dienone is 1. The van der Waals surface area contributed by atoms with Crippen molar-refractivity contribution >= 4 is 10.8 Å². The molecule has 2 fully saturated rings. The van der Waals surface area contributed by atoms with Gasteiger partial charge in [-0.25, -0.2) is 0 Å². The van der Waals surface area contributed by atoms with Gasteiger partial charge in [0, 0.05) is 17.8 Å². The van der Waals surface area contributed by atoms with Gasteiger partial charge in [0.05, 0.1) is 17.8 Å². The fourth-order valence-electron chi connectivity index (χ4n) is 8.33. The molecule has 7 atom stereocenters. The topological polar surface area (TPSA) is 62.6 Å². The van der Waals surface area contributed by atoms with Crippen molar-refractivity contribution in [2.75, 3.05) is 6.61 Å². The summed E-state index contributed by atoms with van der Waals surface area (Å²) in [5.41, 5.74) is 3.01. The van der Waals surface area contributed by atoms with Crippen molar-refractivity contribution in [1.82, 2.24) is 4.98 Å². The Bertz CT molecular complexity index is 1220. The molecule has 4 aliphatic rings. The fraction of sp³-hybridized carbons (Fsp3) is 0.594. The quantitative estimate of drug-likeness (QED) is 0.470. The van der Waals surface area contributed by atoms with Crippen molar-refractivity contribution in [2.24, 2.45) is 17.3 Å². The number of aliphatic hydroxyl groups excluding tert-OH is 2. The number of nitrogens with zero attached hydrogens (tertiary/aromatic N) is 1. The Balaban J connectivity index is 1.38. The predicted octanol–water partition coefficient (Wildman–Crippen LogP) is 6.47. The van der Waals surface area contributed by atoms with E-state index >= 15 is 0 Å². The molecule has 0 amide bonds. The van der Waals surface area contributed by atoms with Crippen LogP contribution in [0.4, 0.5) is 0 Å². The second-order valence-corrected chi connectivity index (χ2v) is 12.4. The summed E-state index contributed by atoms with van der Waals surface area (Å²) in [6, 6.07) is 9.04. The van der Waals surface area contributed by atoms with Gasteiger partial charge >= 0.3 is 0 Å². The van der Waals surface area contributed by atoms with E-state index in [9.17, 15) is 10.2 Å². The molecule has 2 bridgehead atoms. The van der Waals surface area contributed by atoms with E-state index in [4.69, 9.17) is 4.74 Å². The van der Waals surface area contributed by atoms with E-state index in [1.807, 2.05) is 12.4 Å². The molecule has 1 aromatic heterocycles. The summed E-state index contributed by atoms with van der Waals surface area (Å²) in [6.07, 6.45) is 16.1. The van der Waals surface area contributed by atoms with Crippen molar-refractivity contribution in [3.05, 3.63) is 65.5 Å². The molecular weight excluding hydrogens is 446 g/mol. The van der Waals surface area contributed by atoms with Gasteiger partial charge in [-0.15, -0.1) is 0 Å². The van der Waals surface area contributed by atoms with Gasteiger partial charge < -0.3 is 14.9 Å². The Labute approximate surface area is 215 Å². The molecule has 4 nitrogen and oxygen atoms in total. The van der Waals surface area contributed by atoms with Crippen molar-refractivity contribution < 1.29 is 14.9 Å². The van der Waals surface area contributed by atoms with Crippen LogP contribution in [-0.2, 0) is 4.74 Å². The maximum Gasteiger partial charge on any atom is 0.101 e. The van der Waals surface area contributed by atoms with Gasteiger partial charge in [-0.2, -0.15) is 0 Å². The van der Waals surface area contributed by atoms with Crippen LogP contribution < -0.4 is 0 Å².